The van der Waals surface area contributed by atoms with Gasteiger partial charge in [-0.05, 0) is 13.8 Å². The Morgan fingerprint density at radius 2 is 1.41 bits per heavy atom. The molecule has 0 unspecified atom stereocenters. The van der Waals surface area contributed by atoms with Gasteiger partial charge in [0.1, 0.15) is 11.4 Å². The van der Waals surface area contributed by atoms with Crippen LogP contribution in [0.5, 0.6) is 0 Å². The van der Waals surface area contributed by atoms with E-state index in [-0.39, 0.29) is 0 Å². The smallest absolute Gasteiger partial charge is 0.129 e. The number of fused-ring (bicyclic) bond motifs is 3. The highest BCUT2D eigenvalue weighted by Crippen LogP contribution is 2.27. The Kier molecular flexibility index (Phi) is 3.43. The van der Waals surface area contributed by atoms with Crippen molar-refractivity contribution in [1.82, 2.24) is 24.7 Å². The van der Waals surface area contributed by atoms with E-state index in [0.29, 0.717) is 11.6 Å². The molecule has 5 rings (SSSR count). The molecule has 5 aromatic rings. The van der Waals surface area contributed by atoms with Crippen LogP contribution in [0.25, 0.3) is 34.1 Å². The van der Waals surface area contributed by atoms with Crippen molar-refractivity contribution >= 4 is 11.6 Å². The molecule has 6 heteroatoms. The van der Waals surface area contributed by atoms with Crippen LogP contribution in [0.15, 0.2) is 66.7 Å². The van der Waals surface area contributed by atoms with Gasteiger partial charge in [0.25, 0.3) is 0 Å². The van der Waals surface area contributed by atoms with Crippen molar-refractivity contribution in [3.8, 4) is 22.5 Å². The van der Waals surface area contributed by atoms with Gasteiger partial charge < -0.3 is 0 Å². The van der Waals surface area contributed by atoms with Gasteiger partial charge in [-0.15, -0.1) is 19.6 Å². The average molecular weight is 353 g/mol. The lowest BCUT2D eigenvalue weighted by Crippen LogP contribution is -2.29. The monoisotopic (exact) mass is 353 g/mol. The number of hydrogen-bond donors (Lipinski definition) is 0. The van der Waals surface area contributed by atoms with Crippen LogP contribution in [-0.4, -0.2) is 24.7 Å². The summed E-state index contributed by atoms with van der Waals surface area (Å²) in [6.07, 6.45) is 0. The van der Waals surface area contributed by atoms with Crippen LogP contribution < -0.4 is 4.52 Å². The lowest BCUT2D eigenvalue weighted by Gasteiger charge is -2.05. The van der Waals surface area contributed by atoms with Crippen LogP contribution in [0.1, 0.15) is 11.4 Å². The molecule has 0 N–H and O–H groups in total. The Balaban J connectivity index is 1.90. The predicted molar refractivity (Wildman–Crippen MR) is 102 cm³/mol. The van der Waals surface area contributed by atoms with Gasteiger partial charge in [0.2, 0.25) is 0 Å². The molecule has 0 amide bonds. The maximum atomic E-state index is 4.90. The topological polar surface area (TPSA) is 60.1 Å². The van der Waals surface area contributed by atoms with Crippen molar-refractivity contribution in [3.63, 3.8) is 0 Å². The quantitative estimate of drug-likeness (QED) is 0.457. The molecule has 0 radical (unpaired) electrons. The molecule has 0 aliphatic rings. The van der Waals surface area contributed by atoms with Crippen molar-refractivity contribution in [1.29, 1.82) is 0 Å². The Hall–Kier alpha value is -3.67. The van der Waals surface area contributed by atoms with Crippen LogP contribution in [0.4, 0.5) is 0 Å². The summed E-state index contributed by atoms with van der Waals surface area (Å²) in [6, 6.07) is 22.2. The van der Waals surface area contributed by atoms with E-state index in [1.807, 2.05) is 80.6 Å². The van der Waals surface area contributed by atoms with E-state index in [0.717, 1.165) is 33.9 Å². The third-order valence-electron chi connectivity index (χ3n) is 4.52. The van der Waals surface area contributed by atoms with E-state index in [2.05, 4.69) is 10.1 Å². The number of aromatic nitrogens is 6. The first-order valence-corrected chi connectivity index (χ1v) is 8.78. The first-order valence-electron chi connectivity index (χ1n) is 8.78. The maximum Gasteiger partial charge on any atom is 0.407 e. The lowest BCUT2D eigenvalue weighted by atomic mass is 10.0. The van der Waals surface area contributed by atoms with Gasteiger partial charge in [0.05, 0.1) is 11.4 Å². The molecule has 0 atom stereocenters. The summed E-state index contributed by atoms with van der Waals surface area (Å²) in [5.41, 5.74) is 5.53. The van der Waals surface area contributed by atoms with Gasteiger partial charge in [-0.3, -0.25) is 0 Å². The highest BCUT2D eigenvalue weighted by atomic mass is 15.5. The first-order chi connectivity index (χ1) is 13.2. The second-order valence-corrected chi connectivity index (χ2v) is 6.50. The van der Waals surface area contributed by atoms with Crippen LogP contribution in [0.3, 0.4) is 0 Å². The van der Waals surface area contributed by atoms with Gasteiger partial charge >= 0.3 is 11.6 Å². The normalized spacial score (nSPS) is 11.3. The molecule has 2 aromatic carbocycles. The molecule has 0 bridgehead atoms. The van der Waals surface area contributed by atoms with Gasteiger partial charge in [0.15, 0.2) is 0 Å². The fourth-order valence-electron chi connectivity index (χ4n) is 3.29. The van der Waals surface area contributed by atoms with Crippen molar-refractivity contribution in [2.75, 3.05) is 0 Å². The lowest BCUT2D eigenvalue weighted by molar-refractivity contribution is -0.557. The predicted octanol–water partition coefficient (Wildman–Crippen LogP) is 3.21. The summed E-state index contributed by atoms with van der Waals surface area (Å²) in [5, 5.41) is 9.52. The molecule has 6 nitrogen and oxygen atoms in total. The van der Waals surface area contributed by atoms with Gasteiger partial charge in [-0.2, -0.15) is 0 Å². The third kappa shape index (κ3) is 2.54. The van der Waals surface area contributed by atoms with Crippen molar-refractivity contribution < 1.29 is 4.52 Å². The Morgan fingerprint density at radius 3 is 2.07 bits per heavy atom. The molecular formula is C21H17N6+. The van der Waals surface area contributed by atoms with E-state index in [1.165, 1.54) is 0 Å². The zero-order valence-corrected chi connectivity index (χ0v) is 15.0. The van der Waals surface area contributed by atoms with E-state index in [9.17, 15) is 0 Å². The third-order valence-corrected chi connectivity index (χ3v) is 4.52. The minimum Gasteiger partial charge on any atom is -0.129 e. The van der Waals surface area contributed by atoms with E-state index in [4.69, 9.17) is 10.1 Å². The number of nitrogens with zero attached hydrogens (tertiary/aromatic N) is 6. The molecule has 3 heterocycles. The zero-order chi connectivity index (χ0) is 18.4. The summed E-state index contributed by atoms with van der Waals surface area (Å²) in [6.45, 7) is 3.97. The molecule has 0 spiro atoms. The van der Waals surface area contributed by atoms with Crippen LogP contribution in [-0.2, 0) is 0 Å². The molecule has 130 valence electrons. The van der Waals surface area contributed by atoms with Crippen molar-refractivity contribution in [2.24, 2.45) is 0 Å². The van der Waals surface area contributed by atoms with Crippen molar-refractivity contribution in [2.45, 2.75) is 13.8 Å². The second kappa shape index (κ2) is 5.95. The summed E-state index contributed by atoms with van der Waals surface area (Å²) in [7, 11) is 0. The number of aryl methyl sites for hydroxylation is 2. The number of hydrogen-bond acceptors (Lipinski definition) is 4. The van der Waals surface area contributed by atoms with E-state index < -0.39 is 0 Å². The first kappa shape index (κ1) is 15.6. The number of rotatable bonds is 2. The van der Waals surface area contributed by atoms with Gasteiger partial charge in [-0.1, -0.05) is 65.2 Å². The molecule has 0 saturated heterocycles. The fraction of sp³-hybridized carbons (Fsp3) is 0.0952. The SMILES string of the molecule is Cc1cc(C)n2nc3nc(-c4ccccc4)c(-c4ccccc4)n[n+]3c2n1. The van der Waals surface area contributed by atoms with Crippen molar-refractivity contribution in [3.05, 3.63) is 78.1 Å². The van der Waals surface area contributed by atoms with Gasteiger partial charge in [-0.25, -0.2) is 0 Å². The summed E-state index contributed by atoms with van der Waals surface area (Å²) in [5.74, 6) is 1.18. The minimum absolute atomic E-state index is 0.523. The standard InChI is InChI=1S/C21H17N6/c1-14-13-15(2)26-21(22-14)27-20(25-26)23-18(16-9-5-3-6-10-16)19(24-27)17-11-7-4-8-12-17/h3-13H,1-2H3/q+1. The fourth-order valence-corrected chi connectivity index (χ4v) is 3.29. The Labute approximate surface area is 155 Å². The van der Waals surface area contributed by atoms with Crippen LogP contribution in [0, 0.1) is 13.8 Å². The molecule has 0 aliphatic heterocycles. The Bertz CT molecular complexity index is 1280. The Morgan fingerprint density at radius 1 is 0.778 bits per heavy atom. The van der Waals surface area contributed by atoms with E-state index >= 15 is 0 Å². The summed E-state index contributed by atoms with van der Waals surface area (Å²) in [4.78, 5) is 9.48. The second-order valence-electron chi connectivity index (χ2n) is 6.50. The molecule has 0 saturated carbocycles. The molecule has 0 aliphatic carbocycles. The largest absolute Gasteiger partial charge is 0.407 e. The highest BCUT2D eigenvalue weighted by Gasteiger charge is 2.23. The van der Waals surface area contributed by atoms with Crippen LogP contribution >= 0.6 is 0 Å². The molecular weight excluding hydrogens is 336 g/mol. The minimum atomic E-state index is 0.523. The average Bonchev–Trinajstić information content (AvgIpc) is 3.06. The molecule has 3 aromatic heterocycles. The maximum absolute atomic E-state index is 4.90. The van der Waals surface area contributed by atoms with E-state index in [1.54, 1.807) is 9.03 Å². The molecule has 27 heavy (non-hydrogen) atoms. The molecule has 0 fully saturated rings. The van der Waals surface area contributed by atoms with Crippen LogP contribution in [0.2, 0.25) is 0 Å². The number of benzene rings is 2. The summed E-state index contributed by atoms with van der Waals surface area (Å²) < 4.78 is 3.50. The zero-order valence-electron chi connectivity index (χ0n) is 15.0. The summed E-state index contributed by atoms with van der Waals surface area (Å²) >= 11 is 0. The highest BCUT2D eigenvalue weighted by molar-refractivity contribution is 5.77. The van der Waals surface area contributed by atoms with Gasteiger partial charge in [0, 0.05) is 22.3 Å².